The molecule has 0 unspecified atom stereocenters. The van der Waals surface area contributed by atoms with Gasteiger partial charge in [0.25, 0.3) is 0 Å². The molecule has 3 rings (SSSR count). The Morgan fingerprint density at radius 3 is 2.42 bits per heavy atom. The van der Waals surface area contributed by atoms with Gasteiger partial charge in [0, 0.05) is 24.9 Å². The van der Waals surface area contributed by atoms with Crippen molar-refractivity contribution in [3.63, 3.8) is 0 Å². The van der Waals surface area contributed by atoms with E-state index in [2.05, 4.69) is 5.32 Å². The van der Waals surface area contributed by atoms with Gasteiger partial charge in [0.2, 0.25) is 11.8 Å². The van der Waals surface area contributed by atoms with E-state index in [1.165, 1.54) is 29.2 Å². The summed E-state index contributed by atoms with van der Waals surface area (Å²) in [7, 11) is -3.29. The molecule has 0 saturated carbocycles. The molecule has 1 fully saturated rings. The number of hydrogen-bond acceptors (Lipinski definition) is 4. The van der Waals surface area contributed by atoms with Crippen LogP contribution in [-0.4, -0.2) is 33.0 Å². The molecule has 136 valence electrons. The van der Waals surface area contributed by atoms with Gasteiger partial charge in [-0.15, -0.1) is 0 Å². The van der Waals surface area contributed by atoms with Gasteiger partial charge in [0.05, 0.1) is 21.5 Å². The molecule has 1 saturated heterocycles. The Morgan fingerprint density at radius 2 is 1.81 bits per heavy atom. The largest absolute Gasteiger partial charge is 0.326 e. The van der Waals surface area contributed by atoms with Crippen LogP contribution in [-0.2, 0) is 19.4 Å². The third-order valence-electron chi connectivity index (χ3n) is 4.19. The average Bonchev–Trinajstić information content (AvgIpc) is 2.97. The minimum Gasteiger partial charge on any atom is -0.326 e. The first-order chi connectivity index (χ1) is 12.3. The number of nitrogens with one attached hydrogen (secondary N) is 1. The second-order valence-electron chi connectivity index (χ2n) is 6.14. The number of para-hydroxylation sites is 1. The Kier molecular flexibility index (Phi) is 5.02. The first-order valence-corrected chi connectivity index (χ1v) is 10.2. The van der Waals surface area contributed by atoms with E-state index < -0.39 is 15.8 Å². The Morgan fingerprint density at radius 1 is 1.15 bits per heavy atom. The van der Waals surface area contributed by atoms with Crippen LogP contribution in [0.2, 0.25) is 5.02 Å². The molecule has 2 aromatic carbocycles. The lowest BCUT2D eigenvalue weighted by Gasteiger charge is -2.18. The predicted molar refractivity (Wildman–Crippen MR) is 100 cm³/mol. The number of halogens is 1. The normalized spacial score (nSPS) is 17.4. The van der Waals surface area contributed by atoms with E-state index in [9.17, 15) is 18.0 Å². The van der Waals surface area contributed by atoms with Gasteiger partial charge >= 0.3 is 0 Å². The number of benzene rings is 2. The van der Waals surface area contributed by atoms with E-state index in [1.54, 1.807) is 24.3 Å². The summed E-state index contributed by atoms with van der Waals surface area (Å²) in [6.07, 6.45) is 1.21. The van der Waals surface area contributed by atoms with Crippen molar-refractivity contribution in [1.82, 2.24) is 0 Å². The molecule has 0 radical (unpaired) electrons. The molecule has 8 heteroatoms. The molecule has 2 aromatic rings. The summed E-state index contributed by atoms with van der Waals surface area (Å²) < 4.78 is 22.9. The Hall–Kier alpha value is -2.38. The van der Waals surface area contributed by atoms with Crippen LogP contribution >= 0.6 is 11.6 Å². The zero-order chi connectivity index (χ0) is 18.9. The van der Waals surface area contributed by atoms with Crippen LogP contribution in [0.3, 0.4) is 0 Å². The second-order valence-corrected chi connectivity index (χ2v) is 8.57. The summed E-state index contributed by atoms with van der Waals surface area (Å²) >= 11 is 6.13. The second kappa shape index (κ2) is 7.09. The third-order valence-corrected chi connectivity index (χ3v) is 5.64. The van der Waals surface area contributed by atoms with Crippen molar-refractivity contribution < 1.29 is 18.0 Å². The number of amides is 2. The fraction of sp³-hybridized carbons (Fsp3) is 0.222. The van der Waals surface area contributed by atoms with Crippen molar-refractivity contribution >= 4 is 44.6 Å². The maximum Gasteiger partial charge on any atom is 0.229 e. The van der Waals surface area contributed by atoms with Gasteiger partial charge in [0.15, 0.2) is 9.84 Å². The van der Waals surface area contributed by atoms with Crippen molar-refractivity contribution in [2.45, 2.75) is 11.3 Å². The molecule has 0 aromatic heterocycles. The highest BCUT2D eigenvalue weighted by Crippen LogP contribution is 2.31. The zero-order valence-electron chi connectivity index (χ0n) is 14.0. The fourth-order valence-corrected chi connectivity index (χ4v) is 3.68. The van der Waals surface area contributed by atoms with Crippen molar-refractivity contribution in [3.8, 4) is 0 Å². The first kappa shape index (κ1) is 18.4. The molecule has 1 heterocycles. The highest BCUT2D eigenvalue weighted by atomic mass is 35.5. The highest BCUT2D eigenvalue weighted by Gasteiger charge is 2.35. The Bertz CT molecular complexity index is 957. The van der Waals surface area contributed by atoms with Gasteiger partial charge in [-0.3, -0.25) is 9.59 Å². The zero-order valence-corrected chi connectivity index (χ0v) is 15.5. The average molecular weight is 393 g/mol. The van der Waals surface area contributed by atoms with E-state index in [1.807, 2.05) is 0 Å². The maximum absolute atomic E-state index is 12.5. The van der Waals surface area contributed by atoms with Crippen LogP contribution in [0.25, 0.3) is 0 Å². The lowest BCUT2D eigenvalue weighted by atomic mass is 10.1. The van der Waals surface area contributed by atoms with E-state index in [4.69, 9.17) is 11.6 Å². The van der Waals surface area contributed by atoms with E-state index in [0.717, 1.165) is 6.26 Å². The lowest BCUT2D eigenvalue weighted by molar-refractivity contribution is -0.122. The molecular formula is C18H17ClN2O4S. The molecule has 1 aliphatic heterocycles. The van der Waals surface area contributed by atoms with Crippen LogP contribution in [0, 0.1) is 5.92 Å². The standard InChI is InChI=1S/C18H17ClN2O4S/c1-26(24,25)14-8-6-13(7-9-14)20-18(23)12-10-17(22)21(11-12)16-5-3-2-4-15(16)19/h2-9,12H,10-11H2,1H3,(H,20,23)/t12-/m0/s1. The van der Waals surface area contributed by atoms with Crippen LogP contribution in [0.1, 0.15) is 6.42 Å². The monoisotopic (exact) mass is 392 g/mol. The number of carbonyl (C=O) groups is 2. The summed E-state index contributed by atoms with van der Waals surface area (Å²) in [5.41, 5.74) is 1.07. The highest BCUT2D eigenvalue weighted by molar-refractivity contribution is 7.90. The smallest absolute Gasteiger partial charge is 0.229 e. The number of hydrogen-bond donors (Lipinski definition) is 1. The minimum absolute atomic E-state index is 0.0957. The van der Waals surface area contributed by atoms with Crippen molar-refractivity contribution in [2.75, 3.05) is 23.0 Å². The van der Waals surface area contributed by atoms with Gasteiger partial charge in [0.1, 0.15) is 0 Å². The van der Waals surface area contributed by atoms with E-state index in [-0.39, 0.29) is 29.7 Å². The van der Waals surface area contributed by atoms with Gasteiger partial charge in [-0.2, -0.15) is 0 Å². The molecule has 2 amide bonds. The SMILES string of the molecule is CS(=O)(=O)c1ccc(NC(=O)[C@H]2CC(=O)N(c3ccccc3Cl)C2)cc1. The van der Waals surface area contributed by atoms with Gasteiger partial charge in [-0.25, -0.2) is 8.42 Å². The van der Waals surface area contributed by atoms with Crippen LogP contribution < -0.4 is 10.2 Å². The molecule has 26 heavy (non-hydrogen) atoms. The number of sulfone groups is 1. The molecule has 0 aliphatic carbocycles. The summed E-state index contributed by atoms with van der Waals surface area (Å²) in [5.74, 6) is -0.959. The summed E-state index contributed by atoms with van der Waals surface area (Å²) in [6.45, 7) is 0.246. The maximum atomic E-state index is 12.5. The van der Waals surface area contributed by atoms with Crippen molar-refractivity contribution in [1.29, 1.82) is 0 Å². The predicted octanol–water partition coefficient (Wildman–Crippen LogP) is 2.74. The number of rotatable bonds is 4. The molecule has 6 nitrogen and oxygen atoms in total. The summed E-state index contributed by atoms with van der Waals surface area (Å²) in [5, 5.41) is 3.18. The topological polar surface area (TPSA) is 83.5 Å². The lowest BCUT2D eigenvalue weighted by Crippen LogP contribution is -2.28. The number of carbonyl (C=O) groups excluding carboxylic acids is 2. The van der Waals surface area contributed by atoms with E-state index in [0.29, 0.717) is 16.4 Å². The summed E-state index contributed by atoms with van der Waals surface area (Å²) in [6, 6.07) is 12.9. The van der Waals surface area contributed by atoms with Gasteiger partial charge < -0.3 is 10.2 Å². The molecule has 1 N–H and O–H groups in total. The van der Waals surface area contributed by atoms with Gasteiger partial charge in [-0.1, -0.05) is 23.7 Å². The Labute approximate surface area is 156 Å². The van der Waals surface area contributed by atoms with Crippen LogP contribution in [0.15, 0.2) is 53.4 Å². The molecule has 1 aliphatic rings. The Balaban J connectivity index is 1.70. The quantitative estimate of drug-likeness (QED) is 0.867. The minimum atomic E-state index is -3.29. The third kappa shape index (κ3) is 3.89. The molecule has 1 atom stereocenters. The molecule has 0 spiro atoms. The van der Waals surface area contributed by atoms with E-state index >= 15 is 0 Å². The van der Waals surface area contributed by atoms with Crippen molar-refractivity contribution in [3.05, 3.63) is 53.6 Å². The number of nitrogens with zero attached hydrogens (tertiary/aromatic N) is 1. The molecule has 0 bridgehead atoms. The first-order valence-electron chi connectivity index (χ1n) is 7.91. The van der Waals surface area contributed by atoms with Gasteiger partial charge in [-0.05, 0) is 36.4 Å². The van der Waals surface area contributed by atoms with Crippen molar-refractivity contribution in [2.24, 2.45) is 5.92 Å². The van der Waals surface area contributed by atoms with Crippen LogP contribution in [0.5, 0.6) is 0 Å². The number of anilines is 2. The summed E-state index contributed by atoms with van der Waals surface area (Å²) in [4.78, 5) is 26.4. The fourth-order valence-electron chi connectivity index (χ4n) is 2.82. The molecular weight excluding hydrogens is 376 g/mol. The van der Waals surface area contributed by atoms with Crippen LogP contribution in [0.4, 0.5) is 11.4 Å².